The zero-order valence-electron chi connectivity index (χ0n) is 10.7. The van der Waals surface area contributed by atoms with Crippen LogP contribution in [-0.4, -0.2) is 53.8 Å². The maximum absolute atomic E-state index is 9.44. The number of benzene rings is 1. The van der Waals surface area contributed by atoms with Gasteiger partial charge in [0.05, 0.1) is 6.61 Å². The second-order valence-electron chi connectivity index (χ2n) is 4.66. The van der Waals surface area contributed by atoms with Crippen LogP contribution >= 0.6 is 11.8 Å². The maximum atomic E-state index is 9.44. The Morgan fingerprint density at radius 3 is 2.61 bits per heavy atom. The minimum absolute atomic E-state index is 0.174. The predicted octanol–water partition coefficient (Wildman–Crippen LogP) is 1.19. The Hall–Kier alpha value is -0.550. The smallest absolute Gasteiger partial charge is 0.0597 e. The van der Waals surface area contributed by atoms with Crippen LogP contribution in [0.3, 0.4) is 0 Å². The lowest BCUT2D eigenvalue weighted by atomic mass is 10.2. The van der Waals surface area contributed by atoms with Crippen LogP contribution in [0.25, 0.3) is 0 Å². The molecule has 1 atom stereocenters. The molecule has 1 aromatic carbocycles. The number of hydrogen-bond acceptors (Lipinski definition) is 4. The molecular weight excluding hydrogens is 244 g/mol. The van der Waals surface area contributed by atoms with Gasteiger partial charge in [0.15, 0.2) is 0 Å². The number of aliphatic hydroxyl groups is 1. The highest BCUT2D eigenvalue weighted by Crippen LogP contribution is 2.09. The molecule has 0 aromatic heterocycles. The Balaban J connectivity index is 1.74. The first-order valence-electron chi connectivity index (χ1n) is 6.57. The van der Waals surface area contributed by atoms with Gasteiger partial charge < -0.3 is 15.3 Å². The summed E-state index contributed by atoms with van der Waals surface area (Å²) in [6, 6.07) is 10.5. The second kappa shape index (κ2) is 7.79. The SMILES string of the molecule is OC[C@H](CN1CCSCC1)NCc1ccccc1. The van der Waals surface area contributed by atoms with Crippen molar-refractivity contribution < 1.29 is 5.11 Å². The van der Waals surface area contributed by atoms with Gasteiger partial charge in [0.2, 0.25) is 0 Å². The number of thioether (sulfide) groups is 1. The summed E-state index contributed by atoms with van der Waals surface area (Å²) in [4.78, 5) is 2.44. The molecule has 18 heavy (non-hydrogen) atoms. The van der Waals surface area contributed by atoms with E-state index in [0.717, 1.165) is 26.2 Å². The molecule has 0 bridgehead atoms. The molecule has 0 radical (unpaired) electrons. The van der Waals surface area contributed by atoms with Crippen molar-refractivity contribution in [1.82, 2.24) is 10.2 Å². The van der Waals surface area contributed by atoms with Gasteiger partial charge in [-0.25, -0.2) is 0 Å². The second-order valence-corrected chi connectivity index (χ2v) is 5.88. The first-order valence-corrected chi connectivity index (χ1v) is 7.72. The summed E-state index contributed by atoms with van der Waals surface area (Å²) < 4.78 is 0. The van der Waals surface area contributed by atoms with E-state index < -0.39 is 0 Å². The monoisotopic (exact) mass is 266 g/mol. The van der Waals surface area contributed by atoms with Crippen molar-refractivity contribution in [2.24, 2.45) is 0 Å². The fraction of sp³-hybridized carbons (Fsp3) is 0.571. The zero-order chi connectivity index (χ0) is 12.6. The lowest BCUT2D eigenvalue weighted by Crippen LogP contribution is -2.45. The molecule has 2 N–H and O–H groups in total. The molecule has 4 heteroatoms. The predicted molar refractivity (Wildman–Crippen MR) is 77.9 cm³/mol. The summed E-state index contributed by atoms with van der Waals surface area (Å²) in [7, 11) is 0. The standard InChI is InChI=1S/C14H22N2OS/c17-12-14(11-16-6-8-18-9-7-16)15-10-13-4-2-1-3-5-13/h1-5,14-15,17H,6-12H2/t14-/m0/s1. The van der Waals surface area contributed by atoms with Gasteiger partial charge in [0.1, 0.15) is 0 Å². The fourth-order valence-corrected chi connectivity index (χ4v) is 3.12. The van der Waals surface area contributed by atoms with Gasteiger partial charge in [-0.3, -0.25) is 0 Å². The molecule has 3 nitrogen and oxygen atoms in total. The van der Waals surface area contributed by atoms with E-state index in [1.165, 1.54) is 17.1 Å². The van der Waals surface area contributed by atoms with Crippen LogP contribution in [0.15, 0.2) is 30.3 Å². The van der Waals surface area contributed by atoms with Crippen LogP contribution in [-0.2, 0) is 6.54 Å². The van der Waals surface area contributed by atoms with Crippen molar-refractivity contribution in [1.29, 1.82) is 0 Å². The average molecular weight is 266 g/mol. The molecule has 1 aliphatic rings. The van der Waals surface area contributed by atoms with E-state index in [-0.39, 0.29) is 12.6 Å². The van der Waals surface area contributed by atoms with Gasteiger partial charge in [-0.15, -0.1) is 0 Å². The molecule has 0 saturated carbocycles. The van der Waals surface area contributed by atoms with E-state index in [1.807, 2.05) is 30.0 Å². The summed E-state index contributed by atoms with van der Waals surface area (Å²) in [5.74, 6) is 2.44. The minimum atomic E-state index is 0.174. The van der Waals surface area contributed by atoms with E-state index in [9.17, 15) is 5.11 Å². The third kappa shape index (κ3) is 4.61. The molecule has 0 unspecified atom stereocenters. The quantitative estimate of drug-likeness (QED) is 0.811. The van der Waals surface area contributed by atoms with E-state index >= 15 is 0 Å². The molecule has 2 rings (SSSR count). The summed E-state index contributed by atoms with van der Waals surface area (Å²) >= 11 is 2.02. The summed E-state index contributed by atoms with van der Waals surface area (Å²) in [6.45, 7) is 4.28. The Morgan fingerprint density at radius 2 is 1.94 bits per heavy atom. The van der Waals surface area contributed by atoms with Gasteiger partial charge in [-0.2, -0.15) is 11.8 Å². The summed E-state index contributed by atoms with van der Waals surface area (Å²) in [5, 5.41) is 12.9. The molecule has 0 amide bonds. The van der Waals surface area contributed by atoms with Crippen LogP contribution in [0.5, 0.6) is 0 Å². The van der Waals surface area contributed by atoms with Crippen LogP contribution < -0.4 is 5.32 Å². The summed E-state index contributed by atoms with van der Waals surface area (Å²) in [6.07, 6.45) is 0. The Morgan fingerprint density at radius 1 is 1.22 bits per heavy atom. The molecule has 0 spiro atoms. The van der Waals surface area contributed by atoms with Gasteiger partial charge in [-0.1, -0.05) is 30.3 Å². The lowest BCUT2D eigenvalue weighted by molar-refractivity contribution is 0.188. The Labute approximate surface area is 114 Å². The molecule has 1 fully saturated rings. The van der Waals surface area contributed by atoms with Gasteiger partial charge in [0.25, 0.3) is 0 Å². The number of nitrogens with one attached hydrogen (secondary N) is 1. The van der Waals surface area contributed by atoms with Crippen LogP contribution in [0.1, 0.15) is 5.56 Å². The minimum Gasteiger partial charge on any atom is -0.395 e. The molecule has 1 aliphatic heterocycles. The topological polar surface area (TPSA) is 35.5 Å². The molecule has 1 heterocycles. The Bertz CT molecular complexity index is 328. The summed E-state index contributed by atoms with van der Waals surface area (Å²) in [5.41, 5.74) is 1.27. The third-order valence-corrected chi connectivity index (χ3v) is 4.18. The van der Waals surface area contributed by atoms with E-state index in [1.54, 1.807) is 0 Å². The van der Waals surface area contributed by atoms with Gasteiger partial charge >= 0.3 is 0 Å². The highest BCUT2D eigenvalue weighted by molar-refractivity contribution is 7.99. The van der Waals surface area contributed by atoms with Gasteiger partial charge in [0, 0.05) is 43.7 Å². The van der Waals surface area contributed by atoms with Gasteiger partial charge in [-0.05, 0) is 5.56 Å². The average Bonchev–Trinajstić information content (AvgIpc) is 2.45. The third-order valence-electron chi connectivity index (χ3n) is 3.24. The molecule has 1 aromatic rings. The van der Waals surface area contributed by atoms with Crippen molar-refractivity contribution in [3.63, 3.8) is 0 Å². The number of rotatable bonds is 6. The molecular formula is C14H22N2OS. The zero-order valence-corrected chi connectivity index (χ0v) is 11.5. The molecule has 0 aliphatic carbocycles. The Kier molecular flexibility index (Phi) is 6.00. The normalized spacial score (nSPS) is 18.7. The molecule has 100 valence electrons. The fourth-order valence-electron chi connectivity index (χ4n) is 2.14. The van der Waals surface area contributed by atoms with E-state index in [0.29, 0.717) is 0 Å². The van der Waals surface area contributed by atoms with Crippen molar-refractivity contribution in [2.45, 2.75) is 12.6 Å². The van der Waals surface area contributed by atoms with Crippen molar-refractivity contribution in [2.75, 3.05) is 37.7 Å². The first-order chi connectivity index (χ1) is 8.88. The maximum Gasteiger partial charge on any atom is 0.0597 e. The van der Waals surface area contributed by atoms with E-state index in [4.69, 9.17) is 0 Å². The van der Waals surface area contributed by atoms with Crippen LogP contribution in [0, 0.1) is 0 Å². The highest BCUT2D eigenvalue weighted by atomic mass is 32.2. The highest BCUT2D eigenvalue weighted by Gasteiger charge is 2.15. The number of aliphatic hydroxyl groups excluding tert-OH is 1. The molecule has 1 saturated heterocycles. The first kappa shape index (κ1) is 13.9. The largest absolute Gasteiger partial charge is 0.395 e. The van der Waals surface area contributed by atoms with Crippen molar-refractivity contribution >= 4 is 11.8 Å². The lowest BCUT2D eigenvalue weighted by Gasteiger charge is -2.30. The number of hydrogen-bond donors (Lipinski definition) is 2. The van der Waals surface area contributed by atoms with E-state index in [2.05, 4.69) is 22.3 Å². The van der Waals surface area contributed by atoms with Crippen molar-refractivity contribution in [3.8, 4) is 0 Å². The van der Waals surface area contributed by atoms with Crippen LogP contribution in [0.4, 0.5) is 0 Å². The van der Waals surface area contributed by atoms with Crippen LogP contribution in [0.2, 0.25) is 0 Å². The van der Waals surface area contributed by atoms with Crippen molar-refractivity contribution in [3.05, 3.63) is 35.9 Å². The number of nitrogens with zero attached hydrogens (tertiary/aromatic N) is 1.